The number of benzene rings is 1. The van der Waals surface area contributed by atoms with E-state index in [2.05, 4.69) is 21.8 Å². The predicted molar refractivity (Wildman–Crippen MR) is 103 cm³/mol. The molecule has 0 heterocycles. The molecule has 0 amide bonds. The fraction of sp³-hybridized carbons (Fsp3) is 0.526. The van der Waals surface area contributed by atoms with Crippen LogP contribution in [0.5, 0.6) is 11.5 Å². The molecule has 0 saturated carbocycles. The van der Waals surface area contributed by atoms with E-state index in [-0.39, 0.29) is 6.54 Å². The third kappa shape index (κ3) is 6.66. The first-order valence-electron chi connectivity index (χ1n) is 8.57. The van der Waals surface area contributed by atoms with Crippen molar-refractivity contribution in [3.05, 3.63) is 36.4 Å². The molecule has 1 aromatic carbocycles. The van der Waals surface area contributed by atoms with E-state index in [1.807, 2.05) is 20.0 Å². The van der Waals surface area contributed by atoms with E-state index < -0.39 is 6.10 Å². The molecule has 1 rings (SSSR count). The summed E-state index contributed by atoms with van der Waals surface area (Å²) in [6.45, 7) is 7.64. The monoisotopic (exact) mass is 349 g/mol. The van der Waals surface area contributed by atoms with Crippen molar-refractivity contribution in [3.63, 3.8) is 0 Å². The van der Waals surface area contributed by atoms with Crippen molar-refractivity contribution in [1.82, 2.24) is 10.2 Å². The minimum Gasteiger partial charge on any atom is -0.497 e. The summed E-state index contributed by atoms with van der Waals surface area (Å²) in [6, 6.07) is 5.36. The van der Waals surface area contributed by atoms with Gasteiger partial charge in [-0.1, -0.05) is 6.08 Å². The topological polar surface area (TPSA) is 66.3 Å². The molecular formula is C19H31N3O3. The van der Waals surface area contributed by atoms with E-state index in [4.69, 9.17) is 9.47 Å². The van der Waals surface area contributed by atoms with Gasteiger partial charge in [0.1, 0.15) is 17.6 Å². The summed E-state index contributed by atoms with van der Waals surface area (Å²) < 4.78 is 10.6. The number of aliphatic hydroxyl groups excluding tert-OH is 1. The van der Waals surface area contributed by atoms with Gasteiger partial charge >= 0.3 is 0 Å². The van der Waals surface area contributed by atoms with E-state index in [1.54, 1.807) is 32.4 Å². The zero-order valence-corrected chi connectivity index (χ0v) is 15.8. The molecule has 0 radical (unpaired) electrons. The lowest BCUT2D eigenvalue weighted by atomic mass is 10.1. The van der Waals surface area contributed by atoms with E-state index >= 15 is 0 Å². The van der Waals surface area contributed by atoms with Gasteiger partial charge in [0.15, 0.2) is 5.96 Å². The molecule has 140 valence electrons. The minimum absolute atomic E-state index is 0.234. The Morgan fingerprint density at radius 1 is 1.40 bits per heavy atom. The van der Waals surface area contributed by atoms with Crippen LogP contribution in [0.4, 0.5) is 0 Å². The summed E-state index contributed by atoms with van der Waals surface area (Å²) in [5, 5.41) is 13.8. The van der Waals surface area contributed by atoms with Crippen molar-refractivity contribution < 1.29 is 14.6 Å². The van der Waals surface area contributed by atoms with Crippen LogP contribution in [0.1, 0.15) is 31.4 Å². The maximum Gasteiger partial charge on any atom is 0.193 e. The Kier molecular flexibility index (Phi) is 9.47. The van der Waals surface area contributed by atoms with Crippen LogP contribution in [0.15, 0.2) is 35.8 Å². The molecule has 6 nitrogen and oxygen atoms in total. The summed E-state index contributed by atoms with van der Waals surface area (Å²) in [5.41, 5.74) is 0.663. The first-order valence-corrected chi connectivity index (χ1v) is 8.57. The van der Waals surface area contributed by atoms with Crippen LogP contribution in [0.2, 0.25) is 0 Å². The number of nitrogens with one attached hydrogen (secondary N) is 1. The van der Waals surface area contributed by atoms with Gasteiger partial charge in [-0.3, -0.25) is 4.99 Å². The lowest BCUT2D eigenvalue weighted by Gasteiger charge is -2.22. The second-order valence-electron chi connectivity index (χ2n) is 5.67. The van der Waals surface area contributed by atoms with Gasteiger partial charge in [-0.25, -0.2) is 0 Å². The summed E-state index contributed by atoms with van der Waals surface area (Å²) in [4.78, 5) is 6.62. The standard InChI is InChI=1S/C19H31N3O3/c1-6-8-9-12-22(3)19(20-7-2)21-14-17(23)16-13-15(24-4)10-11-18(16)25-5/h6,10-11,13,17,23H,1,7-9,12,14H2,2-5H3,(H,20,21). The third-order valence-corrected chi connectivity index (χ3v) is 3.81. The van der Waals surface area contributed by atoms with Crippen LogP contribution in [0.25, 0.3) is 0 Å². The number of rotatable bonds is 10. The van der Waals surface area contributed by atoms with Crippen molar-refractivity contribution in [1.29, 1.82) is 0 Å². The van der Waals surface area contributed by atoms with E-state index in [0.717, 1.165) is 31.9 Å². The Labute approximate surface area is 151 Å². The number of unbranched alkanes of at least 4 members (excludes halogenated alkanes) is 1. The molecule has 1 unspecified atom stereocenters. The van der Waals surface area contributed by atoms with Gasteiger partial charge in [-0.05, 0) is 38.0 Å². The maximum absolute atomic E-state index is 10.6. The Hall–Kier alpha value is -2.21. The van der Waals surface area contributed by atoms with Crippen molar-refractivity contribution in [3.8, 4) is 11.5 Å². The van der Waals surface area contributed by atoms with Gasteiger partial charge in [0, 0.05) is 25.7 Å². The largest absolute Gasteiger partial charge is 0.497 e. The summed E-state index contributed by atoms with van der Waals surface area (Å²) >= 11 is 0. The quantitative estimate of drug-likeness (QED) is 0.294. The van der Waals surface area contributed by atoms with E-state index in [1.165, 1.54) is 0 Å². The number of aliphatic hydroxyl groups is 1. The highest BCUT2D eigenvalue weighted by molar-refractivity contribution is 5.79. The smallest absolute Gasteiger partial charge is 0.193 e. The Morgan fingerprint density at radius 2 is 2.16 bits per heavy atom. The molecule has 1 atom stereocenters. The first kappa shape index (κ1) is 20.8. The summed E-state index contributed by atoms with van der Waals surface area (Å²) in [7, 11) is 5.17. The first-order chi connectivity index (χ1) is 12.1. The van der Waals surface area contributed by atoms with E-state index in [9.17, 15) is 5.11 Å². The van der Waals surface area contributed by atoms with Crippen LogP contribution in [-0.4, -0.2) is 56.9 Å². The number of guanidine groups is 1. The summed E-state index contributed by atoms with van der Waals surface area (Å²) in [6.07, 6.45) is 3.11. The van der Waals surface area contributed by atoms with Gasteiger partial charge in [0.25, 0.3) is 0 Å². The number of hydrogen-bond donors (Lipinski definition) is 2. The molecule has 0 aliphatic heterocycles. The number of methoxy groups -OCH3 is 2. The molecule has 0 spiro atoms. The Balaban J connectivity index is 2.85. The Bertz CT molecular complexity index is 561. The minimum atomic E-state index is -0.778. The van der Waals surface area contributed by atoms with Gasteiger partial charge in [-0.15, -0.1) is 6.58 Å². The van der Waals surface area contributed by atoms with Crippen LogP contribution in [0, 0.1) is 0 Å². The molecule has 25 heavy (non-hydrogen) atoms. The molecular weight excluding hydrogens is 318 g/mol. The lowest BCUT2D eigenvalue weighted by Crippen LogP contribution is -2.39. The fourth-order valence-corrected chi connectivity index (χ4v) is 2.42. The molecule has 0 aromatic heterocycles. The molecule has 2 N–H and O–H groups in total. The van der Waals surface area contributed by atoms with Crippen molar-refractivity contribution >= 4 is 5.96 Å². The molecule has 0 saturated heterocycles. The normalized spacial score (nSPS) is 12.4. The number of nitrogens with zero attached hydrogens (tertiary/aromatic N) is 2. The van der Waals surface area contributed by atoms with Crippen molar-refractivity contribution in [2.45, 2.75) is 25.9 Å². The molecule has 0 aliphatic rings. The van der Waals surface area contributed by atoms with E-state index in [0.29, 0.717) is 17.1 Å². The average Bonchev–Trinajstić information content (AvgIpc) is 2.64. The zero-order valence-electron chi connectivity index (χ0n) is 15.8. The van der Waals surface area contributed by atoms with Gasteiger partial charge in [-0.2, -0.15) is 0 Å². The highest BCUT2D eigenvalue weighted by atomic mass is 16.5. The molecule has 6 heteroatoms. The molecule has 0 bridgehead atoms. The van der Waals surface area contributed by atoms with Crippen molar-refractivity contribution in [2.24, 2.45) is 4.99 Å². The van der Waals surface area contributed by atoms with Crippen molar-refractivity contribution in [2.75, 3.05) is 40.9 Å². The maximum atomic E-state index is 10.6. The number of allylic oxidation sites excluding steroid dienone is 1. The zero-order chi connectivity index (χ0) is 18.7. The number of ether oxygens (including phenoxy) is 2. The lowest BCUT2D eigenvalue weighted by molar-refractivity contribution is 0.181. The van der Waals surface area contributed by atoms with Gasteiger partial charge in [0.05, 0.1) is 20.8 Å². The highest BCUT2D eigenvalue weighted by Gasteiger charge is 2.15. The van der Waals surface area contributed by atoms with Crippen LogP contribution >= 0.6 is 0 Å². The summed E-state index contributed by atoms with van der Waals surface area (Å²) in [5.74, 6) is 2.06. The Morgan fingerprint density at radius 3 is 2.76 bits per heavy atom. The molecule has 0 fully saturated rings. The molecule has 1 aromatic rings. The SMILES string of the molecule is C=CCCCN(C)C(=NCC(O)c1cc(OC)ccc1OC)NCC. The average molecular weight is 349 g/mol. The number of aliphatic imine (C=N–C) groups is 1. The second-order valence-corrected chi connectivity index (χ2v) is 5.67. The number of hydrogen-bond acceptors (Lipinski definition) is 4. The van der Waals surface area contributed by atoms with Crippen LogP contribution in [-0.2, 0) is 0 Å². The molecule has 0 aliphatic carbocycles. The van der Waals surface area contributed by atoms with Gasteiger partial charge < -0.3 is 24.8 Å². The highest BCUT2D eigenvalue weighted by Crippen LogP contribution is 2.29. The third-order valence-electron chi connectivity index (χ3n) is 3.81. The van der Waals surface area contributed by atoms with Crippen LogP contribution < -0.4 is 14.8 Å². The second kappa shape index (κ2) is 11.4. The van der Waals surface area contributed by atoms with Crippen LogP contribution in [0.3, 0.4) is 0 Å². The predicted octanol–water partition coefficient (Wildman–Crippen LogP) is 2.60. The fourth-order valence-electron chi connectivity index (χ4n) is 2.42. The van der Waals surface area contributed by atoms with Gasteiger partial charge in [0.2, 0.25) is 0 Å².